The van der Waals surface area contributed by atoms with E-state index in [9.17, 15) is 8.42 Å². The van der Waals surface area contributed by atoms with Crippen molar-refractivity contribution in [2.24, 2.45) is 5.14 Å². The van der Waals surface area contributed by atoms with Gasteiger partial charge < -0.3 is 0 Å². The van der Waals surface area contributed by atoms with E-state index in [0.29, 0.717) is 5.69 Å². The minimum absolute atomic E-state index is 0.568. The van der Waals surface area contributed by atoms with Crippen molar-refractivity contribution in [3.8, 4) is 0 Å². The van der Waals surface area contributed by atoms with Gasteiger partial charge in [-0.05, 0) is 31.9 Å². The van der Waals surface area contributed by atoms with Gasteiger partial charge in [0.2, 0.25) is 0 Å². The monoisotopic (exact) mass is 214 g/mol. The van der Waals surface area contributed by atoms with Crippen LogP contribution in [-0.4, -0.2) is 8.42 Å². The lowest BCUT2D eigenvalue weighted by Crippen LogP contribution is -2.22. The smallest absolute Gasteiger partial charge is 0.271 e. The molecule has 1 aromatic rings. The molecule has 3 N–H and O–H groups in total. The van der Waals surface area contributed by atoms with Crippen LogP contribution in [0.1, 0.15) is 16.7 Å². The highest BCUT2D eigenvalue weighted by atomic mass is 32.2. The standard InChI is InChI=1S/C9H14N2O2S/c1-6-4-7(2)9(8(3)5-6)11-14(10,12)13/h4-5,11H,1-3H3,(H2,10,12,13). The first-order valence-electron chi connectivity index (χ1n) is 4.18. The van der Waals surface area contributed by atoms with Gasteiger partial charge in [0.1, 0.15) is 0 Å². The van der Waals surface area contributed by atoms with Crippen molar-refractivity contribution >= 4 is 15.9 Å². The molecule has 0 aliphatic rings. The minimum Gasteiger partial charge on any atom is -0.271 e. The summed E-state index contributed by atoms with van der Waals surface area (Å²) in [7, 11) is -3.69. The molecule has 1 aromatic carbocycles. The van der Waals surface area contributed by atoms with Crippen LogP contribution in [0.3, 0.4) is 0 Å². The van der Waals surface area contributed by atoms with Crippen molar-refractivity contribution < 1.29 is 8.42 Å². The largest absolute Gasteiger partial charge is 0.296 e. The Hall–Kier alpha value is -1.07. The maximum absolute atomic E-state index is 10.9. The summed E-state index contributed by atoms with van der Waals surface area (Å²) in [6.45, 7) is 5.64. The highest BCUT2D eigenvalue weighted by Gasteiger charge is 2.08. The van der Waals surface area contributed by atoms with E-state index in [4.69, 9.17) is 5.14 Å². The second kappa shape index (κ2) is 3.59. The van der Waals surface area contributed by atoms with Crippen LogP contribution in [0.15, 0.2) is 12.1 Å². The molecular formula is C9H14N2O2S. The lowest BCUT2D eigenvalue weighted by Gasteiger charge is -2.11. The molecule has 0 radical (unpaired) electrons. The maximum Gasteiger partial charge on any atom is 0.296 e. The Morgan fingerprint density at radius 3 is 1.93 bits per heavy atom. The Bertz CT molecular complexity index is 429. The number of anilines is 1. The summed E-state index contributed by atoms with van der Waals surface area (Å²) in [4.78, 5) is 0. The zero-order valence-corrected chi connectivity index (χ0v) is 9.27. The van der Waals surface area contributed by atoms with Gasteiger partial charge in [-0.1, -0.05) is 17.7 Å². The van der Waals surface area contributed by atoms with Crippen LogP contribution in [-0.2, 0) is 10.2 Å². The number of benzene rings is 1. The Kier molecular flexibility index (Phi) is 2.82. The third-order valence-electron chi connectivity index (χ3n) is 1.92. The second-order valence-corrected chi connectivity index (χ2v) is 4.71. The third-order valence-corrected chi connectivity index (χ3v) is 2.41. The molecule has 78 valence electrons. The van der Waals surface area contributed by atoms with Gasteiger partial charge in [-0.25, -0.2) is 5.14 Å². The first-order valence-corrected chi connectivity index (χ1v) is 5.72. The molecule has 0 aliphatic heterocycles. The van der Waals surface area contributed by atoms with E-state index in [1.807, 2.05) is 32.9 Å². The van der Waals surface area contributed by atoms with Crippen LogP contribution in [0.2, 0.25) is 0 Å². The van der Waals surface area contributed by atoms with Gasteiger partial charge >= 0.3 is 0 Å². The molecule has 0 aliphatic carbocycles. The summed E-state index contributed by atoms with van der Waals surface area (Å²) in [5.41, 5.74) is 3.41. The molecule has 0 fully saturated rings. The molecule has 0 atom stereocenters. The highest BCUT2D eigenvalue weighted by Crippen LogP contribution is 2.22. The Morgan fingerprint density at radius 1 is 1.14 bits per heavy atom. The number of hydrogen-bond acceptors (Lipinski definition) is 2. The van der Waals surface area contributed by atoms with Crippen LogP contribution in [0, 0.1) is 20.8 Å². The summed E-state index contributed by atoms with van der Waals surface area (Å²) < 4.78 is 24.0. The summed E-state index contributed by atoms with van der Waals surface area (Å²) in [6.07, 6.45) is 0. The molecule has 14 heavy (non-hydrogen) atoms. The average Bonchev–Trinajstić information content (AvgIpc) is 1.95. The SMILES string of the molecule is Cc1cc(C)c(NS(N)(=O)=O)c(C)c1. The summed E-state index contributed by atoms with van der Waals surface area (Å²) in [5, 5.41) is 4.90. The Labute approximate surface area is 84.3 Å². The van der Waals surface area contributed by atoms with Gasteiger partial charge in [0.05, 0.1) is 5.69 Å². The highest BCUT2D eigenvalue weighted by molar-refractivity contribution is 7.90. The number of hydrogen-bond donors (Lipinski definition) is 2. The fourth-order valence-corrected chi connectivity index (χ4v) is 2.09. The normalized spacial score (nSPS) is 11.4. The van der Waals surface area contributed by atoms with Crippen LogP contribution in [0.25, 0.3) is 0 Å². The molecule has 5 heteroatoms. The first-order chi connectivity index (χ1) is 6.29. The molecule has 0 saturated heterocycles. The fraction of sp³-hybridized carbons (Fsp3) is 0.333. The summed E-state index contributed by atoms with van der Waals surface area (Å²) in [6, 6.07) is 3.81. The molecule has 0 bridgehead atoms. The average molecular weight is 214 g/mol. The van der Waals surface area contributed by atoms with E-state index in [2.05, 4.69) is 4.72 Å². The molecule has 0 spiro atoms. The molecule has 1 rings (SSSR count). The zero-order valence-electron chi connectivity index (χ0n) is 8.46. The number of aryl methyl sites for hydroxylation is 3. The third kappa shape index (κ3) is 2.71. The van der Waals surface area contributed by atoms with Crippen LogP contribution < -0.4 is 9.86 Å². The Balaban J connectivity index is 3.22. The fourth-order valence-electron chi connectivity index (χ4n) is 1.48. The van der Waals surface area contributed by atoms with Gasteiger partial charge in [-0.3, -0.25) is 4.72 Å². The number of rotatable bonds is 2. The van der Waals surface area contributed by atoms with Crippen molar-refractivity contribution in [2.45, 2.75) is 20.8 Å². The van der Waals surface area contributed by atoms with Gasteiger partial charge in [0.25, 0.3) is 10.2 Å². The first kappa shape index (κ1) is 11.0. The van der Waals surface area contributed by atoms with Crippen molar-refractivity contribution in [3.63, 3.8) is 0 Å². The van der Waals surface area contributed by atoms with Crippen molar-refractivity contribution in [2.75, 3.05) is 4.72 Å². The van der Waals surface area contributed by atoms with E-state index in [0.717, 1.165) is 16.7 Å². The van der Waals surface area contributed by atoms with Crippen molar-refractivity contribution in [1.82, 2.24) is 0 Å². The lowest BCUT2D eigenvalue weighted by atomic mass is 10.1. The predicted molar refractivity (Wildman–Crippen MR) is 57.4 cm³/mol. The number of nitrogens with one attached hydrogen (secondary N) is 1. The van der Waals surface area contributed by atoms with Gasteiger partial charge in [-0.15, -0.1) is 0 Å². The van der Waals surface area contributed by atoms with E-state index in [1.54, 1.807) is 0 Å². The summed E-state index contributed by atoms with van der Waals surface area (Å²) >= 11 is 0. The zero-order chi connectivity index (χ0) is 10.9. The molecule has 0 heterocycles. The van der Waals surface area contributed by atoms with Gasteiger partial charge in [-0.2, -0.15) is 8.42 Å². The van der Waals surface area contributed by atoms with Crippen LogP contribution in [0.5, 0.6) is 0 Å². The van der Waals surface area contributed by atoms with Crippen molar-refractivity contribution in [3.05, 3.63) is 28.8 Å². The molecule has 0 unspecified atom stereocenters. The van der Waals surface area contributed by atoms with E-state index in [1.165, 1.54) is 0 Å². The number of nitrogens with two attached hydrogens (primary N) is 1. The van der Waals surface area contributed by atoms with Gasteiger partial charge in [0, 0.05) is 0 Å². The minimum atomic E-state index is -3.69. The van der Waals surface area contributed by atoms with Crippen LogP contribution in [0.4, 0.5) is 5.69 Å². The Morgan fingerprint density at radius 2 is 1.57 bits per heavy atom. The predicted octanol–water partition coefficient (Wildman–Crippen LogP) is 1.23. The quantitative estimate of drug-likeness (QED) is 0.777. The lowest BCUT2D eigenvalue weighted by molar-refractivity contribution is 0.603. The molecule has 0 amide bonds. The molecular weight excluding hydrogens is 200 g/mol. The van der Waals surface area contributed by atoms with Gasteiger partial charge in [0.15, 0.2) is 0 Å². The topological polar surface area (TPSA) is 72.2 Å². The summed E-state index contributed by atoms with van der Waals surface area (Å²) in [5.74, 6) is 0. The van der Waals surface area contributed by atoms with E-state index >= 15 is 0 Å². The molecule has 0 aromatic heterocycles. The van der Waals surface area contributed by atoms with Crippen LogP contribution >= 0.6 is 0 Å². The maximum atomic E-state index is 10.9. The van der Waals surface area contributed by atoms with E-state index in [-0.39, 0.29) is 0 Å². The van der Waals surface area contributed by atoms with Crippen molar-refractivity contribution in [1.29, 1.82) is 0 Å². The van der Waals surface area contributed by atoms with E-state index < -0.39 is 10.2 Å². The molecule has 0 saturated carbocycles. The second-order valence-electron chi connectivity index (χ2n) is 3.42. The molecule has 4 nitrogen and oxygen atoms in total.